The maximum Gasteiger partial charge on any atom is 0.325 e. The molecule has 1 amide bonds. The number of thiazole rings is 1. The highest BCUT2D eigenvalue weighted by molar-refractivity contribution is 7.16. The van der Waals surface area contributed by atoms with Gasteiger partial charge >= 0.3 is 5.97 Å². The molecule has 0 saturated heterocycles. The molecule has 7 nitrogen and oxygen atoms in total. The molecule has 2 heterocycles. The summed E-state index contributed by atoms with van der Waals surface area (Å²) in [5.41, 5.74) is 4.16. The van der Waals surface area contributed by atoms with E-state index in [2.05, 4.69) is 16.2 Å². The van der Waals surface area contributed by atoms with Gasteiger partial charge in [0.1, 0.15) is 6.54 Å². The van der Waals surface area contributed by atoms with Crippen LogP contribution in [0.25, 0.3) is 10.2 Å². The summed E-state index contributed by atoms with van der Waals surface area (Å²) < 4.78 is 9.14. The lowest BCUT2D eigenvalue weighted by molar-refractivity contribution is -0.141. The number of benzene rings is 1. The Morgan fingerprint density at radius 2 is 1.96 bits per heavy atom. The topological polar surface area (TPSA) is 78.5 Å². The molecule has 3 aromatic rings. The maximum absolute atomic E-state index is 12.6. The fraction of sp³-hybridized carbons (Fsp3) is 0.333. The molecule has 0 fully saturated rings. The minimum atomic E-state index is -0.437. The molecule has 2 aromatic heterocycles. The molecule has 0 aliphatic heterocycles. The standard InChI is InChI=1S/C18H20N4O3S/c1-10-6-11(2)16-14(7-10)22(9-15(23)25-5)18(26-16)19-17(24)13-8-12(3)21(4)20-13/h6-8H,9H2,1-5H3. The molecule has 0 spiro atoms. The first-order chi connectivity index (χ1) is 12.3. The van der Waals surface area contributed by atoms with Crippen molar-refractivity contribution in [1.82, 2.24) is 14.3 Å². The number of rotatable bonds is 3. The number of fused-ring (bicyclic) bond motifs is 1. The highest BCUT2D eigenvalue weighted by Gasteiger charge is 2.15. The zero-order valence-electron chi connectivity index (χ0n) is 15.4. The lowest BCUT2D eigenvalue weighted by Gasteiger charge is -2.05. The van der Waals surface area contributed by atoms with E-state index < -0.39 is 11.9 Å². The van der Waals surface area contributed by atoms with E-state index >= 15 is 0 Å². The molecule has 0 aliphatic rings. The summed E-state index contributed by atoms with van der Waals surface area (Å²) in [4.78, 5) is 29.1. The van der Waals surface area contributed by atoms with Gasteiger partial charge in [0, 0.05) is 12.7 Å². The van der Waals surface area contributed by atoms with Crippen LogP contribution in [0.5, 0.6) is 0 Å². The normalized spacial score (nSPS) is 12.0. The number of hydrogen-bond acceptors (Lipinski definition) is 5. The summed E-state index contributed by atoms with van der Waals surface area (Å²) in [5, 5.41) is 4.18. The third-order valence-corrected chi connectivity index (χ3v) is 5.39. The number of amides is 1. The van der Waals surface area contributed by atoms with Gasteiger partial charge in [0.25, 0.3) is 5.91 Å². The van der Waals surface area contributed by atoms with Gasteiger partial charge in [0.05, 0.1) is 17.3 Å². The van der Waals surface area contributed by atoms with Crippen LogP contribution in [0.2, 0.25) is 0 Å². The molecule has 0 saturated carbocycles. The van der Waals surface area contributed by atoms with Crippen LogP contribution < -0.4 is 4.80 Å². The number of aromatic nitrogens is 3. The van der Waals surface area contributed by atoms with Crippen molar-refractivity contribution in [3.63, 3.8) is 0 Å². The maximum atomic E-state index is 12.6. The van der Waals surface area contributed by atoms with Crippen LogP contribution in [0.1, 0.15) is 27.3 Å². The van der Waals surface area contributed by atoms with Crippen molar-refractivity contribution in [3.8, 4) is 0 Å². The summed E-state index contributed by atoms with van der Waals surface area (Å²) >= 11 is 1.38. The number of hydrogen-bond donors (Lipinski definition) is 0. The number of methoxy groups -OCH3 is 1. The van der Waals surface area contributed by atoms with Gasteiger partial charge < -0.3 is 9.30 Å². The summed E-state index contributed by atoms with van der Waals surface area (Å²) in [6.45, 7) is 5.85. The molecule has 0 aliphatic carbocycles. The minimum absolute atomic E-state index is 0.00719. The Morgan fingerprint density at radius 3 is 2.58 bits per heavy atom. The fourth-order valence-corrected chi connectivity index (χ4v) is 3.83. The quantitative estimate of drug-likeness (QED) is 0.661. The van der Waals surface area contributed by atoms with E-state index in [0.717, 1.165) is 27.0 Å². The van der Waals surface area contributed by atoms with Gasteiger partial charge in [-0.1, -0.05) is 17.4 Å². The van der Waals surface area contributed by atoms with Gasteiger partial charge in [0.15, 0.2) is 10.5 Å². The van der Waals surface area contributed by atoms with Gasteiger partial charge in [-0.25, -0.2) is 0 Å². The van der Waals surface area contributed by atoms with E-state index in [1.807, 2.05) is 26.8 Å². The van der Waals surface area contributed by atoms with Crippen molar-refractivity contribution >= 4 is 33.4 Å². The van der Waals surface area contributed by atoms with E-state index in [1.54, 1.807) is 22.4 Å². The van der Waals surface area contributed by atoms with Crippen LogP contribution in [-0.2, 0) is 23.1 Å². The summed E-state index contributed by atoms with van der Waals surface area (Å²) in [5.74, 6) is -0.834. The first-order valence-corrected chi connectivity index (χ1v) is 8.89. The van der Waals surface area contributed by atoms with Crippen LogP contribution >= 0.6 is 11.3 Å². The van der Waals surface area contributed by atoms with E-state index in [4.69, 9.17) is 4.74 Å². The van der Waals surface area contributed by atoms with Crippen LogP contribution in [0.15, 0.2) is 23.2 Å². The molecule has 0 unspecified atom stereocenters. The summed E-state index contributed by atoms with van der Waals surface area (Å²) in [7, 11) is 3.11. The smallest absolute Gasteiger partial charge is 0.325 e. The Balaban J connectivity index is 2.20. The average molecular weight is 372 g/mol. The molecule has 3 rings (SSSR count). The van der Waals surface area contributed by atoms with E-state index in [-0.39, 0.29) is 12.2 Å². The highest BCUT2D eigenvalue weighted by atomic mass is 32.1. The predicted octanol–water partition coefficient (Wildman–Crippen LogP) is 2.28. The number of esters is 1. The lowest BCUT2D eigenvalue weighted by atomic mass is 10.1. The van der Waals surface area contributed by atoms with Crippen LogP contribution in [-0.4, -0.2) is 33.3 Å². The minimum Gasteiger partial charge on any atom is -0.468 e. The Hall–Kier alpha value is -2.74. The first-order valence-electron chi connectivity index (χ1n) is 8.07. The van der Waals surface area contributed by atoms with Crippen LogP contribution in [0.4, 0.5) is 0 Å². The van der Waals surface area contributed by atoms with Crippen molar-refractivity contribution in [2.24, 2.45) is 12.0 Å². The van der Waals surface area contributed by atoms with Crippen molar-refractivity contribution in [3.05, 3.63) is 45.5 Å². The number of carbonyl (C=O) groups is 2. The van der Waals surface area contributed by atoms with E-state index in [0.29, 0.717) is 4.80 Å². The largest absolute Gasteiger partial charge is 0.468 e. The molecular weight excluding hydrogens is 352 g/mol. The second-order valence-corrected chi connectivity index (χ2v) is 7.17. The monoisotopic (exact) mass is 372 g/mol. The average Bonchev–Trinajstić information content (AvgIpc) is 3.09. The van der Waals surface area contributed by atoms with Crippen LogP contribution in [0, 0.1) is 20.8 Å². The van der Waals surface area contributed by atoms with E-state index in [1.165, 1.54) is 18.4 Å². The molecule has 0 atom stereocenters. The van der Waals surface area contributed by atoms with Gasteiger partial charge in [-0.2, -0.15) is 10.1 Å². The second-order valence-electron chi connectivity index (χ2n) is 6.19. The van der Waals surface area contributed by atoms with Crippen molar-refractivity contribution < 1.29 is 14.3 Å². The number of nitrogens with zero attached hydrogens (tertiary/aromatic N) is 4. The highest BCUT2D eigenvalue weighted by Crippen LogP contribution is 2.23. The predicted molar refractivity (Wildman–Crippen MR) is 99.1 cm³/mol. The number of ether oxygens (including phenoxy) is 1. The van der Waals surface area contributed by atoms with Crippen molar-refractivity contribution in [2.75, 3.05) is 7.11 Å². The third kappa shape index (κ3) is 3.32. The molecule has 136 valence electrons. The van der Waals surface area contributed by atoms with Crippen molar-refractivity contribution in [1.29, 1.82) is 0 Å². The van der Waals surface area contributed by atoms with Crippen LogP contribution in [0.3, 0.4) is 0 Å². The zero-order chi connectivity index (χ0) is 19.0. The Labute approximate surface area is 154 Å². The Bertz CT molecular complexity index is 1070. The lowest BCUT2D eigenvalue weighted by Crippen LogP contribution is -2.22. The third-order valence-electron chi connectivity index (χ3n) is 4.16. The molecular formula is C18H20N4O3S. The Kier molecular flexibility index (Phi) is 4.78. The Morgan fingerprint density at radius 1 is 1.23 bits per heavy atom. The first kappa shape index (κ1) is 18.1. The molecule has 0 N–H and O–H groups in total. The van der Waals surface area contributed by atoms with Gasteiger partial charge in [-0.15, -0.1) is 0 Å². The summed E-state index contributed by atoms with van der Waals surface area (Å²) in [6, 6.07) is 5.74. The number of aryl methyl sites for hydroxylation is 4. The zero-order valence-corrected chi connectivity index (χ0v) is 16.2. The molecule has 26 heavy (non-hydrogen) atoms. The van der Waals surface area contributed by atoms with Gasteiger partial charge in [0.2, 0.25) is 0 Å². The number of carbonyl (C=O) groups excluding carboxylic acids is 2. The molecule has 0 bridgehead atoms. The SMILES string of the molecule is COC(=O)Cn1c(=NC(=O)c2cc(C)n(C)n2)sc2c(C)cc(C)cc21. The summed E-state index contributed by atoms with van der Waals surface area (Å²) in [6.07, 6.45) is 0. The van der Waals surface area contributed by atoms with Gasteiger partial charge in [-0.05, 0) is 44.0 Å². The molecule has 8 heteroatoms. The molecule has 1 aromatic carbocycles. The van der Waals surface area contributed by atoms with Crippen molar-refractivity contribution in [2.45, 2.75) is 27.3 Å². The second kappa shape index (κ2) is 6.87. The molecule has 0 radical (unpaired) electrons. The van der Waals surface area contributed by atoms with Gasteiger partial charge in [-0.3, -0.25) is 14.3 Å². The fourth-order valence-electron chi connectivity index (χ4n) is 2.75. The van der Waals surface area contributed by atoms with E-state index in [9.17, 15) is 9.59 Å².